The van der Waals surface area contributed by atoms with Crippen molar-refractivity contribution in [2.45, 2.75) is 39.3 Å². The molecule has 0 spiro atoms. The van der Waals surface area contributed by atoms with Crippen molar-refractivity contribution >= 4 is 179 Å². The first-order chi connectivity index (χ1) is 52.4. The van der Waals surface area contributed by atoms with Gasteiger partial charge in [0, 0.05) is 98.3 Å². The minimum Gasteiger partial charge on any atom is -0.455 e. The molecule has 22 aromatic rings. The third-order valence-corrected chi connectivity index (χ3v) is 26.4. The second-order valence-electron chi connectivity index (χ2n) is 31.1. The zero-order valence-electron chi connectivity index (χ0n) is 59.7. The largest absolute Gasteiger partial charge is 0.455 e. The molecule has 0 aliphatic rings. The van der Waals surface area contributed by atoms with Gasteiger partial charge in [0.15, 0.2) is 0 Å². The number of hydrogen-bond acceptors (Lipinski definition) is 4. The fourth-order valence-electron chi connectivity index (χ4n) is 17.5. The van der Waals surface area contributed by atoms with E-state index in [0.29, 0.717) is 33.4 Å². The molecule has 10 heteroatoms. The SMILES string of the molecule is C[Si](C)(C)c1cc2c3oc4ccc(-c5cc(F)cc(F)c5)cc4c3cc3c([Si](C)(C)C)cc4c5oc6ccc(-c7cc(F)cc(F)c7)cc6c5cc1c4c32.c1ccc(-c2cc(-c3ccccc3)c3c(c2)oc2c3cc3ccc4c5oc6cc(-c7ccccc7)cc(-c7ccccc7)c6c5cc5ccc2c3c54)cc1. The molecule has 0 aliphatic heterocycles. The van der Waals surface area contributed by atoms with E-state index in [9.17, 15) is 17.6 Å². The molecule has 0 fully saturated rings. The van der Waals surface area contributed by atoms with Crippen molar-refractivity contribution in [3.63, 3.8) is 0 Å². The fraction of sp³-hybridized carbons (Fsp3) is 0.0612. The first-order valence-electron chi connectivity index (χ1n) is 36.6. The van der Waals surface area contributed by atoms with E-state index in [-0.39, 0.29) is 0 Å². The summed E-state index contributed by atoms with van der Waals surface area (Å²) in [5.41, 5.74) is 18.2. The van der Waals surface area contributed by atoms with Crippen LogP contribution in [0.1, 0.15) is 0 Å². The minimum atomic E-state index is -2.02. The smallest absolute Gasteiger partial charge is 0.143 e. The van der Waals surface area contributed by atoms with Crippen molar-refractivity contribution in [3.05, 3.63) is 302 Å². The van der Waals surface area contributed by atoms with Crippen molar-refractivity contribution in [1.29, 1.82) is 0 Å². The third kappa shape index (κ3) is 9.93. The van der Waals surface area contributed by atoms with Crippen LogP contribution < -0.4 is 10.4 Å². The highest BCUT2D eigenvalue weighted by molar-refractivity contribution is 6.92. The van der Waals surface area contributed by atoms with Crippen LogP contribution in [0.2, 0.25) is 39.3 Å². The van der Waals surface area contributed by atoms with Gasteiger partial charge in [-0.25, -0.2) is 17.6 Å². The zero-order chi connectivity index (χ0) is 72.9. The monoisotopic (exact) mass is 1440 g/mol. The molecule has 0 atom stereocenters. The van der Waals surface area contributed by atoms with Gasteiger partial charge in [0.25, 0.3) is 0 Å². The van der Waals surface area contributed by atoms with E-state index in [4.69, 9.17) is 17.7 Å². The second-order valence-corrected chi connectivity index (χ2v) is 41.2. The maximum Gasteiger partial charge on any atom is 0.143 e. The first-order valence-corrected chi connectivity index (χ1v) is 43.6. The van der Waals surface area contributed by atoms with Gasteiger partial charge in [-0.15, -0.1) is 0 Å². The molecule has 0 amide bonds. The Morgan fingerprint density at radius 3 is 0.907 bits per heavy atom. The van der Waals surface area contributed by atoms with Crippen LogP contribution in [0.4, 0.5) is 17.6 Å². The van der Waals surface area contributed by atoms with Gasteiger partial charge >= 0.3 is 0 Å². The minimum absolute atomic E-state index is 0.468. The average molecular weight is 1440 g/mol. The number of furan rings is 4. The van der Waals surface area contributed by atoms with Crippen LogP contribution in [0.25, 0.3) is 219 Å². The van der Waals surface area contributed by atoms with E-state index in [1.807, 2.05) is 36.4 Å². The number of benzene rings is 18. The van der Waals surface area contributed by atoms with Gasteiger partial charge in [0.05, 0.1) is 16.1 Å². The van der Waals surface area contributed by atoms with Crippen LogP contribution in [0.5, 0.6) is 0 Å². The molecule has 4 heterocycles. The molecule has 0 saturated heterocycles. The summed E-state index contributed by atoms with van der Waals surface area (Å²) >= 11 is 0. The van der Waals surface area contributed by atoms with Crippen LogP contribution >= 0.6 is 0 Å². The molecule has 18 aromatic carbocycles. The van der Waals surface area contributed by atoms with Crippen molar-refractivity contribution in [1.82, 2.24) is 0 Å². The van der Waals surface area contributed by atoms with Crippen LogP contribution in [-0.2, 0) is 0 Å². The first kappa shape index (κ1) is 63.8. The Hall–Kier alpha value is -12.6. The second kappa shape index (κ2) is 23.4. The normalized spacial score (nSPS) is 12.5. The van der Waals surface area contributed by atoms with Crippen LogP contribution in [-0.4, -0.2) is 16.1 Å². The molecule has 516 valence electrons. The Bertz CT molecular complexity index is 7040. The molecule has 0 unspecified atom stereocenters. The molecule has 0 aliphatic carbocycles. The summed E-state index contributed by atoms with van der Waals surface area (Å²) in [7, 11) is -4.05. The van der Waals surface area contributed by atoms with Crippen molar-refractivity contribution < 1.29 is 35.2 Å². The lowest BCUT2D eigenvalue weighted by Crippen LogP contribution is -2.39. The molecule has 0 saturated carbocycles. The summed E-state index contributed by atoms with van der Waals surface area (Å²) in [4.78, 5) is 0. The third-order valence-electron chi connectivity index (χ3n) is 22.4. The van der Waals surface area contributed by atoms with Gasteiger partial charge in [-0.3, -0.25) is 0 Å². The van der Waals surface area contributed by atoms with Gasteiger partial charge in [0.1, 0.15) is 67.9 Å². The van der Waals surface area contributed by atoms with E-state index < -0.39 is 39.4 Å². The van der Waals surface area contributed by atoms with Gasteiger partial charge in [-0.2, -0.15) is 0 Å². The Balaban J connectivity index is 0.000000138. The van der Waals surface area contributed by atoms with E-state index in [1.54, 1.807) is 0 Å². The number of rotatable bonds is 8. The number of fused-ring (bicyclic) bond motifs is 16. The fourth-order valence-corrected chi connectivity index (χ4v) is 20.7. The summed E-state index contributed by atoms with van der Waals surface area (Å²) in [6.45, 7) is 14.1. The highest BCUT2D eigenvalue weighted by Crippen LogP contribution is 2.51. The molecule has 0 radical (unpaired) electrons. The van der Waals surface area contributed by atoms with E-state index in [2.05, 4.69) is 246 Å². The summed E-state index contributed by atoms with van der Waals surface area (Å²) in [6.07, 6.45) is 0. The van der Waals surface area contributed by atoms with Crippen molar-refractivity contribution in [3.8, 4) is 66.8 Å². The highest BCUT2D eigenvalue weighted by atomic mass is 28.3. The topological polar surface area (TPSA) is 52.6 Å². The zero-order valence-corrected chi connectivity index (χ0v) is 61.7. The Morgan fingerprint density at radius 2 is 0.537 bits per heavy atom. The number of halogens is 4. The molecule has 4 aromatic heterocycles. The molecular weight excluding hydrogens is 1370 g/mol. The molecule has 4 nitrogen and oxygen atoms in total. The van der Waals surface area contributed by atoms with Crippen LogP contribution in [0.15, 0.2) is 297 Å². The van der Waals surface area contributed by atoms with Crippen molar-refractivity contribution in [2.24, 2.45) is 0 Å². The molecule has 22 rings (SSSR count). The predicted molar refractivity (Wildman–Crippen MR) is 448 cm³/mol. The molecular formula is C98H64F4O4Si2. The molecule has 0 bridgehead atoms. The Labute approximate surface area is 618 Å². The summed E-state index contributed by atoms with van der Waals surface area (Å²) < 4.78 is 84.6. The molecule has 0 N–H and O–H groups in total. The Kier molecular flexibility index (Phi) is 13.9. The number of hydrogen-bond donors (Lipinski definition) is 0. The maximum absolute atomic E-state index is 14.3. The van der Waals surface area contributed by atoms with Gasteiger partial charge in [-0.1, -0.05) is 207 Å². The van der Waals surface area contributed by atoms with Crippen molar-refractivity contribution in [2.75, 3.05) is 0 Å². The van der Waals surface area contributed by atoms with E-state index >= 15 is 0 Å². The quantitative estimate of drug-likeness (QED) is 0.0864. The summed E-state index contributed by atoms with van der Waals surface area (Å²) in [5.74, 6) is -2.48. The summed E-state index contributed by atoms with van der Waals surface area (Å²) in [5, 5.41) is 24.5. The Morgan fingerprint density at radius 1 is 0.204 bits per heavy atom. The lowest BCUT2D eigenvalue weighted by molar-refractivity contribution is 0.583. The predicted octanol–water partition coefficient (Wildman–Crippen LogP) is 28.4. The van der Waals surface area contributed by atoms with Gasteiger partial charge < -0.3 is 17.7 Å². The maximum atomic E-state index is 14.3. The van der Waals surface area contributed by atoms with Crippen LogP contribution in [0, 0.1) is 23.3 Å². The lowest BCUT2D eigenvalue weighted by Gasteiger charge is -2.26. The van der Waals surface area contributed by atoms with Gasteiger partial charge in [-0.05, 0) is 198 Å². The lowest BCUT2D eigenvalue weighted by atomic mass is 9.89. The molecule has 108 heavy (non-hydrogen) atoms. The van der Waals surface area contributed by atoms with Gasteiger partial charge in [0.2, 0.25) is 0 Å². The summed E-state index contributed by atoms with van der Waals surface area (Å²) in [6, 6.07) is 93.1. The van der Waals surface area contributed by atoms with Crippen LogP contribution in [0.3, 0.4) is 0 Å². The average Bonchev–Trinajstić information content (AvgIpc) is 1.34. The van der Waals surface area contributed by atoms with E-state index in [1.165, 1.54) is 100 Å². The highest BCUT2D eigenvalue weighted by Gasteiger charge is 2.32. The standard InChI is InChI=1S/C52H30O2.C46H34F4O2Si2/c1-5-13-31(14-6-1)37-27-41(33-17-9-3-10-18-33)49-43-25-35-22-24-40-48-36(21-23-39(47(35)48)51(43)53-45(49)29-37)26-44-50-42(34-19-11-4-12-20-34)28-38(30-46(50)54-52(40)44)32-15-7-2-8-16-32;1-53(2,3)41-21-37-44-36(20-34-32-16-24(8-10-40(32)51-45(34)37)26-13-29(49)18-30(50)14-26)42(54(4,5)6)22-38-43(44)35(41)19-33-31-15-23(7-9-39(31)52-46(33)38)25-11-27(47)17-28(48)12-25/h1-30H;7-22H,1-6H3. The van der Waals surface area contributed by atoms with E-state index in [0.717, 1.165) is 132 Å².